The van der Waals surface area contributed by atoms with Gasteiger partial charge in [-0.1, -0.05) is 17.7 Å². The number of morpholine rings is 1. The van der Waals surface area contributed by atoms with Gasteiger partial charge in [0.25, 0.3) is 11.8 Å². The van der Waals surface area contributed by atoms with Crippen LogP contribution in [0.5, 0.6) is 0 Å². The van der Waals surface area contributed by atoms with Gasteiger partial charge in [-0.2, -0.15) is 13.2 Å². The molecule has 2 atom stereocenters. The maximum Gasteiger partial charge on any atom is 0.390 e. The van der Waals surface area contributed by atoms with Crippen molar-refractivity contribution in [1.29, 1.82) is 0 Å². The van der Waals surface area contributed by atoms with Crippen molar-refractivity contribution in [1.82, 2.24) is 15.5 Å². The number of amides is 2. The van der Waals surface area contributed by atoms with Crippen LogP contribution in [0.3, 0.4) is 0 Å². The zero-order valence-electron chi connectivity index (χ0n) is 22.3. The third-order valence-corrected chi connectivity index (χ3v) is 7.31. The normalized spacial score (nSPS) is 20.1. The van der Waals surface area contributed by atoms with E-state index in [0.29, 0.717) is 50.0 Å². The van der Waals surface area contributed by atoms with E-state index in [1.165, 1.54) is 18.2 Å². The van der Waals surface area contributed by atoms with Gasteiger partial charge in [0, 0.05) is 62.4 Å². The van der Waals surface area contributed by atoms with Crippen LogP contribution in [-0.4, -0.2) is 80.9 Å². The van der Waals surface area contributed by atoms with Crippen LogP contribution in [0.15, 0.2) is 30.3 Å². The Labute approximate surface area is 239 Å². The van der Waals surface area contributed by atoms with Crippen LogP contribution in [-0.2, 0) is 16.1 Å². The Kier molecular flexibility index (Phi) is 10.1. The minimum Gasteiger partial charge on any atom is -0.367 e. The standard InChI is InChI=1S/C27H31ClF5N5O3/c1-16-15-38(10-9-37(16)8-6-27(31,32)33)21-12-18(28)3-5-20(21)36-25(39)19-4-2-17(23(29)24(19)30)13-35-26(40)22-14-34-7-11-41-22/h2-5,12,16,22,34H,6-11,13-15H2,1H3,(H,35,40)(H,36,39)/t16-,22+/m0/s1. The summed E-state index contributed by atoms with van der Waals surface area (Å²) in [5.41, 5.74) is 0.116. The summed E-state index contributed by atoms with van der Waals surface area (Å²) in [6.45, 7) is 3.78. The summed E-state index contributed by atoms with van der Waals surface area (Å²) < 4.78 is 73.2. The van der Waals surface area contributed by atoms with Crippen LogP contribution < -0.4 is 20.9 Å². The van der Waals surface area contributed by atoms with Crippen molar-refractivity contribution in [2.45, 2.75) is 38.2 Å². The fraction of sp³-hybridized carbons (Fsp3) is 0.481. The molecule has 0 saturated carbocycles. The summed E-state index contributed by atoms with van der Waals surface area (Å²) in [5, 5.41) is 8.48. The topological polar surface area (TPSA) is 85.9 Å². The molecule has 0 bridgehead atoms. The van der Waals surface area contributed by atoms with Crippen LogP contribution in [0.1, 0.15) is 29.3 Å². The van der Waals surface area contributed by atoms with Crippen molar-refractivity contribution >= 4 is 34.8 Å². The summed E-state index contributed by atoms with van der Waals surface area (Å²) >= 11 is 6.19. The van der Waals surface area contributed by atoms with Crippen molar-refractivity contribution in [2.75, 3.05) is 56.1 Å². The van der Waals surface area contributed by atoms with Crippen LogP contribution >= 0.6 is 11.6 Å². The smallest absolute Gasteiger partial charge is 0.367 e. The molecule has 3 N–H and O–H groups in total. The lowest BCUT2D eigenvalue weighted by Gasteiger charge is -2.41. The molecule has 224 valence electrons. The molecule has 0 aliphatic carbocycles. The lowest BCUT2D eigenvalue weighted by atomic mass is 10.1. The molecule has 2 amide bonds. The second-order valence-corrected chi connectivity index (χ2v) is 10.4. The highest BCUT2D eigenvalue weighted by Crippen LogP contribution is 2.32. The number of hydrogen-bond donors (Lipinski definition) is 3. The van der Waals surface area contributed by atoms with Crippen molar-refractivity contribution in [3.8, 4) is 0 Å². The van der Waals surface area contributed by atoms with E-state index in [9.17, 15) is 31.5 Å². The van der Waals surface area contributed by atoms with Crippen molar-refractivity contribution in [3.05, 3.63) is 58.1 Å². The molecule has 2 saturated heterocycles. The SMILES string of the molecule is C[C@H]1CN(c2cc(Cl)ccc2NC(=O)c2ccc(CNC(=O)[C@H]3CNCCO3)c(F)c2F)CCN1CCC(F)(F)F. The molecule has 2 aromatic rings. The van der Waals surface area contributed by atoms with Gasteiger partial charge in [0.1, 0.15) is 6.10 Å². The lowest BCUT2D eigenvalue weighted by molar-refractivity contribution is -0.139. The van der Waals surface area contributed by atoms with E-state index >= 15 is 0 Å². The van der Waals surface area contributed by atoms with E-state index in [4.69, 9.17) is 16.3 Å². The predicted octanol–water partition coefficient (Wildman–Crippen LogP) is 3.94. The Balaban J connectivity index is 1.43. The second kappa shape index (κ2) is 13.3. The first-order chi connectivity index (χ1) is 19.4. The van der Waals surface area contributed by atoms with Gasteiger partial charge in [0.05, 0.1) is 30.0 Å². The summed E-state index contributed by atoms with van der Waals surface area (Å²) in [6.07, 6.45) is -5.89. The van der Waals surface area contributed by atoms with Gasteiger partial charge in [-0.3, -0.25) is 14.5 Å². The summed E-state index contributed by atoms with van der Waals surface area (Å²) in [4.78, 5) is 28.9. The van der Waals surface area contributed by atoms with Gasteiger partial charge < -0.3 is 25.6 Å². The second-order valence-electron chi connectivity index (χ2n) is 9.99. The van der Waals surface area contributed by atoms with E-state index in [-0.39, 0.29) is 30.4 Å². The van der Waals surface area contributed by atoms with Crippen molar-refractivity contribution < 1.29 is 36.3 Å². The molecule has 14 heteroatoms. The highest BCUT2D eigenvalue weighted by Gasteiger charge is 2.32. The molecule has 4 rings (SSSR count). The van der Waals surface area contributed by atoms with Gasteiger partial charge in [-0.25, -0.2) is 8.78 Å². The van der Waals surface area contributed by atoms with Crippen LogP contribution in [0.25, 0.3) is 0 Å². The molecule has 0 aromatic heterocycles. The maximum absolute atomic E-state index is 15.0. The van der Waals surface area contributed by atoms with Crippen LogP contribution in [0.4, 0.5) is 33.3 Å². The first-order valence-corrected chi connectivity index (χ1v) is 13.5. The minimum absolute atomic E-state index is 0.117. The first kappa shape index (κ1) is 30.9. The lowest BCUT2D eigenvalue weighted by Crippen LogP contribution is -2.52. The van der Waals surface area contributed by atoms with E-state index < -0.39 is 47.7 Å². The molecular formula is C27H31ClF5N5O3. The van der Waals surface area contributed by atoms with Crippen LogP contribution in [0.2, 0.25) is 5.02 Å². The molecule has 41 heavy (non-hydrogen) atoms. The van der Waals surface area contributed by atoms with Gasteiger partial charge >= 0.3 is 6.18 Å². The number of carbonyl (C=O) groups is 2. The number of nitrogens with one attached hydrogen (secondary N) is 3. The monoisotopic (exact) mass is 603 g/mol. The van der Waals surface area contributed by atoms with Gasteiger partial charge in [-0.15, -0.1) is 0 Å². The Morgan fingerprint density at radius 1 is 1.15 bits per heavy atom. The quantitative estimate of drug-likeness (QED) is 0.397. The zero-order chi connectivity index (χ0) is 29.7. The number of carbonyl (C=O) groups excluding carboxylic acids is 2. The molecule has 0 unspecified atom stereocenters. The number of nitrogens with zero attached hydrogens (tertiary/aromatic N) is 2. The Hall–Kier alpha value is -3.00. The summed E-state index contributed by atoms with van der Waals surface area (Å²) in [5.74, 6) is -4.00. The fourth-order valence-electron chi connectivity index (χ4n) is 4.81. The minimum atomic E-state index is -4.25. The number of halogens is 6. The molecule has 0 spiro atoms. The molecule has 2 heterocycles. The molecule has 8 nitrogen and oxygen atoms in total. The van der Waals surface area contributed by atoms with Gasteiger partial charge in [0.15, 0.2) is 11.6 Å². The molecule has 2 aliphatic rings. The highest BCUT2D eigenvalue weighted by atomic mass is 35.5. The maximum atomic E-state index is 15.0. The molecule has 0 radical (unpaired) electrons. The largest absolute Gasteiger partial charge is 0.390 e. The third-order valence-electron chi connectivity index (χ3n) is 7.08. The first-order valence-electron chi connectivity index (χ1n) is 13.2. The van der Waals surface area contributed by atoms with E-state index in [1.807, 2.05) is 11.8 Å². The van der Waals surface area contributed by atoms with E-state index in [1.54, 1.807) is 11.0 Å². The number of benzene rings is 2. The summed E-state index contributed by atoms with van der Waals surface area (Å²) in [6, 6.07) is 6.79. The number of alkyl halides is 3. The third kappa shape index (κ3) is 8.06. The van der Waals surface area contributed by atoms with Gasteiger partial charge in [-0.05, 0) is 31.2 Å². The Bertz CT molecular complexity index is 1260. The fourth-order valence-corrected chi connectivity index (χ4v) is 4.98. The van der Waals surface area contributed by atoms with Gasteiger partial charge in [0.2, 0.25) is 0 Å². The molecule has 2 aromatic carbocycles. The Morgan fingerprint density at radius 3 is 2.61 bits per heavy atom. The number of rotatable bonds is 8. The number of ether oxygens (including phenoxy) is 1. The number of piperazine rings is 1. The van der Waals surface area contributed by atoms with E-state index in [0.717, 1.165) is 6.07 Å². The summed E-state index contributed by atoms with van der Waals surface area (Å²) in [7, 11) is 0. The molecule has 2 aliphatic heterocycles. The van der Waals surface area contributed by atoms with E-state index in [2.05, 4.69) is 16.0 Å². The van der Waals surface area contributed by atoms with Crippen molar-refractivity contribution in [3.63, 3.8) is 0 Å². The Morgan fingerprint density at radius 2 is 1.93 bits per heavy atom. The average molecular weight is 604 g/mol. The van der Waals surface area contributed by atoms with Crippen molar-refractivity contribution in [2.24, 2.45) is 0 Å². The predicted molar refractivity (Wildman–Crippen MR) is 144 cm³/mol. The number of anilines is 2. The number of hydrogen-bond acceptors (Lipinski definition) is 6. The molecular weight excluding hydrogens is 573 g/mol. The average Bonchev–Trinajstić information content (AvgIpc) is 2.93. The highest BCUT2D eigenvalue weighted by molar-refractivity contribution is 6.31. The van der Waals surface area contributed by atoms with Crippen LogP contribution in [0, 0.1) is 11.6 Å². The molecule has 2 fully saturated rings. The zero-order valence-corrected chi connectivity index (χ0v) is 23.0.